The van der Waals surface area contributed by atoms with Crippen molar-refractivity contribution in [3.8, 4) is 0 Å². The molecular formula is C23H34O3. The molecule has 0 aromatic rings. The van der Waals surface area contributed by atoms with Gasteiger partial charge in [0.2, 0.25) is 0 Å². The second kappa shape index (κ2) is 6.21. The quantitative estimate of drug-likeness (QED) is 0.646. The van der Waals surface area contributed by atoms with E-state index in [1.165, 1.54) is 32.1 Å². The maximum Gasteiger partial charge on any atom is 0.302 e. The topological polar surface area (TPSA) is 43.4 Å². The first kappa shape index (κ1) is 18.3. The third-order valence-corrected chi connectivity index (χ3v) is 8.99. The Morgan fingerprint density at radius 2 is 1.73 bits per heavy atom. The molecule has 3 fully saturated rings. The molecule has 3 unspecified atom stereocenters. The Morgan fingerprint density at radius 3 is 2.42 bits per heavy atom. The van der Waals surface area contributed by atoms with Gasteiger partial charge < -0.3 is 4.74 Å². The molecule has 0 aliphatic heterocycles. The third kappa shape index (κ3) is 2.60. The fourth-order valence-corrected chi connectivity index (χ4v) is 7.51. The summed E-state index contributed by atoms with van der Waals surface area (Å²) in [5.74, 6) is 3.04. The first-order valence-corrected chi connectivity index (χ1v) is 10.6. The minimum absolute atomic E-state index is 0.118. The van der Waals surface area contributed by atoms with Crippen LogP contribution in [0.5, 0.6) is 0 Å². The van der Waals surface area contributed by atoms with Crippen LogP contribution in [-0.2, 0) is 14.3 Å². The zero-order valence-corrected chi connectivity index (χ0v) is 16.8. The fourth-order valence-electron chi connectivity index (χ4n) is 7.51. The molecule has 0 radical (unpaired) electrons. The number of fused-ring (bicyclic) bond motifs is 5. The number of hydrogen-bond acceptors (Lipinski definition) is 3. The molecule has 26 heavy (non-hydrogen) atoms. The smallest absolute Gasteiger partial charge is 0.302 e. The lowest BCUT2D eigenvalue weighted by Crippen LogP contribution is -2.53. The average molecular weight is 359 g/mol. The molecule has 3 heteroatoms. The van der Waals surface area contributed by atoms with E-state index in [2.05, 4.69) is 19.9 Å². The highest BCUT2D eigenvalue weighted by atomic mass is 16.5. The Balaban J connectivity index is 1.58. The summed E-state index contributed by atoms with van der Waals surface area (Å²) in [7, 11) is 0. The predicted molar refractivity (Wildman–Crippen MR) is 101 cm³/mol. The first-order valence-electron chi connectivity index (χ1n) is 10.6. The van der Waals surface area contributed by atoms with E-state index >= 15 is 0 Å². The SMILES string of the molecule is CC(=O)O[C@H]1CCC2C3CC[C@H]4CC(C(C)=O)=CC[C@]4(C)C3CC[C@@]21C. The van der Waals surface area contributed by atoms with Gasteiger partial charge in [-0.2, -0.15) is 0 Å². The summed E-state index contributed by atoms with van der Waals surface area (Å²) in [6.45, 7) is 8.16. The average Bonchev–Trinajstić information content (AvgIpc) is 2.90. The van der Waals surface area contributed by atoms with Crippen molar-refractivity contribution in [3.63, 3.8) is 0 Å². The van der Waals surface area contributed by atoms with E-state index in [-0.39, 0.29) is 23.3 Å². The Hall–Kier alpha value is -1.12. The number of ether oxygens (including phenoxy) is 1. The van der Waals surface area contributed by atoms with Gasteiger partial charge in [-0.1, -0.05) is 19.9 Å². The van der Waals surface area contributed by atoms with E-state index in [0.29, 0.717) is 17.3 Å². The van der Waals surface area contributed by atoms with Gasteiger partial charge in [-0.3, -0.25) is 9.59 Å². The molecule has 4 rings (SSSR count). The second-order valence-corrected chi connectivity index (χ2v) is 10.1. The molecule has 4 aliphatic carbocycles. The Labute approximate surface area is 157 Å². The number of hydrogen-bond donors (Lipinski definition) is 0. The van der Waals surface area contributed by atoms with E-state index < -0.39 is 0 Å². The van der Waals surface area contributed by atoms with Crippen LogP contribution in [0.2, 0.25) is 0 Å². The second-order valence-electron chi connectivity index (χ2n) is 10.1. The molecule has 0 N–H and O–H groups in total. The largest absolute Gasteiger partial charge is 0.462 e. The predicted octanol–water partition coefficient (Wildman–Crippen LogP) is 5.09. The van der Waals surface area contributed by atoms with Crippen LogP contribution >= 0.6 is 0 Å². The van der Waals surface area contributed by atoms with Crippen molar-refractivity contribution >= 4 is 11.8 Å². The van der Waals surface area contributed by atoms with Crippen molar-refractivity contribution < 1.29 is 14.3 Å². The molecule has 3 saturated carbocycles. The summed E-state index contributed by atoms with van der Waals surface area (Å²) in [6.07, 6.45) is 11.7. The molecule has 0 aromatic heterocycles. The molecule has 7 atom stereocenters. The van der Waals surface area contributed by atoms with Gasteiger partial charge in [-0.25, -0.2) is 0 Å². The van der Waals surface area contributed by atoms with Crippen LogP contribution in [0.15, 0.2) is 11.6 Å². The van der Waals surface area contributed by atoms with Crippen molar-refractivity contribution in [3.05, 3.63) is 11.6 Å². The summed E-state index contributed by atoms with van der Waals surface area (Å²) in [5, 5.41) is 0. The highest BCUT2D eigenvalue weighted by Crippen LogP contribution is 2.66. The fraction of sp³-hybridized carbons (Fsp3) is 0.826. The minimum atomic E-state index is -0.121. The molecule has 0 aromatic carbocycles. The van der Waals surface area contributed by atoms with Crippen LogP contribution in [-0.4, -0.2) is 17.9 Å². The number of carbonyl (C=O) groups excluding carboxylic acids is 2. The standard InChI is InChI=1S/C23H34O3/c1-14(24)16-9-11-22(3)17(13-16)5-6-18-19-7-8-21(26-15(2)25)23(19,4)12-10-20(18)22/h9,17-21H,5-8,10-13H2,1-4H3/t17-,18?,19?,20?,21-,22-,23-/m0/s1. The van der Waals surface area contributed by atoms with Crippen molar-refractivity contribution in [2.24, 2.45) is 34.5 Å². The van der Waals surface area contributed by atoms with E-state index in [1.54, 1.807) is 13.8 Å². The van der Waals surface area contributed by atoms with Crippen molar-refractivity contribution in [1.29, 1.82) is 0 Å². The molecule has 0 heterocycles. The molecular weight excluding hydrogens is 324 g/mol. The summed E-state index contributed by atoms with van der Waals surface area (Å²) >= 11 is 0. The van der Waals surface area contributed by atoms with Gasteiger partial charge in [-0.15, -0.1) is 0 Å². The monoisotopic (exact) mass is 358 g/mol. The summed E-state index contributed by atoms with van der Waals surface area (Å²) in [5.41, 5.74) is 1.59. The maximum absolute atomic E-state index is 11.9. The molecule has 0 spiro atoms. The summed E-state index contributed by atoms with van der Waals surface area (Å²) in [4.78, 5) is 23.4. The van der Waals surface area contributed by atoms with Crippen LogP contribution in [0, 0.1) is 34.5 Å². The third-order valence-electron chi connectivity index (χ3n) is 8.99. The van der Waals surface area contributed by atoms with E-state index in [0.717, 1.165) is 36.7 Å². The Morgan fingerprint density at radius 1 is 1.00 bits per heavy atom. The maximum atomic E-state index is 11.9. The van der Waals surface area contributed by atoms with Crippen LogP contribution in [0.4, 0.5) is 0 Å². The van der Waals surface area contributed by atoms with E-state index in [1.807, 2.05) is 0 Å². The number of Topliss-reactive ketones (excluding diaryl/α,β-unsaturated/α-hetero) is 1. The zero-order chi connectivity index (χ0) is 18.7. The minimum Gasteiger partial charge on any atom is -0.462 e. The van der Waals surface area contributed by atoms with Gasteiger partial charge >= 0.3 is 5.97 Å². The normalized spacial score (nSPS) is 47.2. The number of rotatable bonds is 2. The summed E-state index contributed by atoms with van der Waals surface area (Å²) < 4.78 is 5.75. The number of ketones is 1. The van der Waals surface area contributed by atoms with Crippen molar-refractivity contribution in [2.75, 3.05) is 0 Å². The van der Waals surface area contributed by atoms with Crippen LogP contribution in [0.3, 0.4) is 0 Å². The van der Waals surface area contributed by atoms with Crippen LogP contribution < -0.4 is 0 Å². The number of carbonyl (C=O) groups is 2. The summed E-state index contributed by atoms with van der Waals surface area (Å²) in [6, 6.07) is 0. The molecule has 144 valence electrons. The zero-order valence-electron chi connectivity index (χ0n) is 16.8. The molecule has 4 aliphatic rings. The Bertz CT molecular complexity index is 650. The number of esters is 1. The van der Waals surface area contributed by atoms with Crippen LogP contribution in [0.25, 0.3) is 0 Å². The lowest BCUT2D eigenvalue weighted by molar-refractivity contribution is -0.160. The van der Waals surface area contributed by atoms with Crippen molar-refractivity contribution in [2.45, 2.75) is 85.2 Å². The van der Waals surface area contributed by atoms with Gasteiger partial charge in [0.05, 0.1) is 0 Å². The van der Waals surface area contributed by atoms with Crippen LogP contribution in [0.1, 0.15) is 79.1 Å². The first-order chi connectivity index (χ1) is 12.3. The van der Waals surface area contributed by atoms with Gasteiger partial charge in [0.25, 0.3) is 0 Å². The highest BCUT2D eigenvalue weighted by molar-refractivity contribution is 5.93. The molecule has 0 amide bonds. The van der Waals surface area contributed by atoms with Gasteiger partial charge in [-0.05, 0) is 93.0 Å². The molecule has 3 nitrogen and oxygen atoms in total. The molecule has 0 bridgehead atoms. The Kier molecular flexibility index (Phi) is 4.36. The highest BCUT2D eigenvalue weighted by Gasteiger charge is 2.60. The van der Waals surface area contributed by atoms with E-state index in [4.69, 9.17) is 4.74 Å². The number of allylic oxidation sites excluding steroid dienone is 2. The van der Waals surface area contributed by atoms with Gasteiger partial charge in [0, 0.05) is 12.3 Å². The lowest BCUT2D eigenvalue weighted by atomic mass is 9.45. The van der Waals surface area contributed by atoms with Gasteiger partial charge in [0.1, 0.15) is 6.10 Å². The van der Waals surface area contributed by atoms with E-state index in [9.17, 15) is 9.59 Å². The van der Waals surface area contributed by atoms with Gasteiger partial charge in [0.15, 0.2) is 5.78 Å². The molecule has 0 saturated heterocycles. The van der Waals surface area contributed by atoms with Crippen molar-refractivity contribution in [1.82, 2.24) is 0 Å². The lowest BCUT2D eigenvalue weighted by Gasteiger charge is -2.59.